The van der Waals surface area contributed by atoms with Crippen molar-refractivity contribution in [3.05, 3.63) is 0 Å². The van der Waals surface area contributed by atoms with Gasteiger partial charge in [-0.1, -0.05) is 41.0 Å². The number of rotatable bonds is 8. The fourth-order valence-electron chi connectivity index (χ4n) is 0.855. The van der Waals surface area contributed by atoms with E-state index >= 15 is 0 Å². The molecule has 0 heterocycles. The van der Waals surface area contributed by atoms with Crippen LogP contribution in [0, 0.1) is 11.8 Å². The molecule has 0 spiro atoms. The standard InChI is InChI=1S/C13H28N2O2Si/c1-8-9-18(16-14-12(6)10(2)3)17-15-13(7)11(4)5/h10-11,18H,8-9H2,1-7H3. The van der Waals surface area contributed by atoms with Crippen LogP contribution < -0.4 is 0 Å². The van der Waals surface area contributed by atoms with Gasteiger partial charge < -0.3 is 9.05 Å². The molecule has 0 saturated heterocycles. The van der Waals surface area contributed by atoms with Crippen molar-refractivity contribution < 1.29 is 9.05 Å². The second kappa shape index (κ2) is 9.14. The van der Waals surface area contributed by atoms with Crippen molar-refractivity contribution in [2.45, 2.75) is 60.9 Å². The van der Waals surface area contributed by atoms with Crippen LogP contribution in [-0.4, -0.2) is 20.7 Å². The van der Waals surface area contributed by atoms with Crippen molar-refractivity contribution in [2.24, 2.45) is 22.1 Å². The summed E-state index contributed by atoms with van der Waals surface area (Å²) < 4.78 is 11.1. The molecule has 106 valence electrons. The van der Waals surface area contributed by atoms with Crippen LogP contribution in [0.5, 0.6) is 0 Å². The van der Waals surface area contributed by atoms with Crippen molar-refractivity contribution in [1.29, 1.82) is 0 Å². The zero-order chi connectivity index (χ0) is 14.1. The summed E-state index contributed by atoms with van der Waals surface area (Å²) in [5, 5.41) is 8.30. The topological polar surface area (TPSA) is 43.2 Å². The third kappa shape index (κ3) is 7.48. The molecule has 0 unspecified atom stereocenters. The van der Waals surface area contributed by atoms with E-state index in [1.807, 2.05) is 13.8 Å². The van der Waals surface area contributed by atoms with Crippen molar-refractivity contribution in [2.75, 3.05) is 0 Å². The van der Waals surface area contributed by atoms with Gasteiger partial charge in [0.15, 0.2) is 0 Å². The first-order valence-corrected chi connectivity index (χ1v) is 8.55. The average molecular weight is 272 g/mol. The number of oxime groups is 2. The van der Waals surface area contributed by atoms with Crippen LogP contribution in [0.2, 0.25) is 6.04 Å². The summed E-state index contributed by atoms with van der Waals surface area (Å²) in [7, 11) is -1.80. The highest BCUT2D eigenvalue weighted by atomic mass is 28.3. The lowest BCUT2D eigenvalue weighted by Crippen LogP contribution is -2.20. The Labute approximate surface area is 113 Å². The number of nitrogens with zero attached hydrogens (tertiary/aromatic N) is 2. The van der Waals surface area contributed by atoms with Gasteiger partial charge in [0, 0.05) is 6.04 Å². The Morgan fingerprint density at radius 2 is 1.33 bits per heavy atom. The first kappa shape index (κ1) is 17.2. The minimum Gasteiger partial charge on any atom is -0.411 e. The molecule has 0 aliphatic rings. The second-order valence-corrected chi connectivity index (χ2v) is 7.06. The largest absolute Gasteiger partial charge is 0.494 e. The van der Waals surface area contributed by atoms with Crippen LogP contribution in [-0.2, 0) is 9.05 Å². The van der Waals surface area contributed by atoms with Gasteiger partial charge in [-0.3, -0.25) is 0 Å². The maximum Gasteiger partial charge on any atom is 0.494 e. The smallest absolute Gasteiger partial charge is 0.411 e. The highest BCUT2D eigenvalue weighted by molar-refractivity contribution is 6.44. The Morgan fingerprint density at radius 3 is 1.61 bits per heavy atom. The van der Waals surface area contributed by atoms with Crippen LogP contribution >= 0.6 is 0 Å². The summed E-state index contributed by atoms with van der Waals surface area (Å²) in [5.74, 6) is 0.810. The van der Waals surface area contributed by atoms with Gasteiger partial charge in [-0.2, -0.15) is 0 Å². The molecule has 0 rings (SSSR count). The van der Waals surface area contributed by atoms with E-state index < -0.39 is 9.28 Å². The van der Waals surface area contributed by atoms with Crippen LogP contribution in [0.4, 0.5) is 0 Å². The maximum absolute atomic E-state index is 5.53. The van der Waals surface area contributed by atoms with E-state index in [1.54, 1.807) is 0 Å². The molecule has 18 heavy (non-hydrogen) atoms. The summed E-state index contributed by atoms with van der Waals surface area (Å²) in [5.41, 5.74) is 1.99. The lowest BCUT2D eigenvalue weighted by Gasteiger charge is -2.13. The number of hydrogen-bond donors (Lipinski definition) is 0. The molecular weight excluding hydrogens is 244 g/mol. The van der Waals surface area contributed by atoms with Crippen LogP contribution in [0.3, 0.4) is 0 Å². The van der Waals surface area contributed by atoms with Gasteiger partial charge in [0.05, 0.1) is 11.4 Å². The molecule has 5 heteroatoms. The number of hydrogen-bond acceptors (Lipinski definition) is 4. The second-order valence-electron chi connectivity index (χ2n) is 5.20. The molecule has 0 N–H and O–H groups in total. The lowest BCUT2D eigenvalue weighted by atomic mass is 10.1. The maximum atomic E-state index is 5.53. The fraction of sp³-hybridized carbons (Fsp3) is 0.846. The Bertz CT molecular complexity index is 263. The van der Waals surface area contributed by atoms with Gasteiger partial charge in [-0.25, -0.2) is 0 Å². The zero-order valence-electron chi connectivity index (χ0n) is 12.9. The molecule has 0 aliphatic heterocycles. The van der Waals surface area contributed by atoms with Crippen LogP contribution in [0.15, 0.2) is 10.3 Å². The summed E-state index contributed by atoms with van der Waals surface area (Å²) in [4.78, 5) is 0. The zero-order valence-corrected chi connectivity index (χ0v) is 14.0. The van der Waals surface area contributed by atoms with Crippen molar-refractivity contribution in [1.82, 2.24) is 0 Å². The van der Waals surface area contributed by atoms with E-state index in [-0.39, 0.29) is 0 Å². The first-order valence-electron chi connectivity index (χ1n) is 6.79. The van der Waals surface area contributed by atoms with Crippen LogP contribution in [0.1, 0.15) is 54.9 Å². The lowest BCUT2D eigenvalue weighted by molar-refractivity contribution is 0.208. The van der Waals surface area contributed by atoms with Gasteiger partial charge in [0.25, 0.3) is 0 Å². The summed E-state index contributed by atoms with van der Waals surface area (Å²) in [6.07, 6.45) is 1.03. The van der Waals surface area contributed by atoms with E-state index in [4.69, 9.17) is 9.05 Å². The van der Waals surface area contributed by atoms with Gasteiger partial charge in [0.1, 0.15) is 0 Å². The molecule has 0 amide bonds. The summed E-state index contributed by atoms with van der Waals surface area (Å²) in [6, 6.07) is 0.920. The summed E-state index contributed by atoms with van der Waals surface area (Å²) in [6.45, 7) is 14.5. The quantitative estimate of drug-likeness (QED) is 0.384. The normalized spacial score (nSPS) is 15.2. The Hall–Kier alpha value is -0.843. The van der Waals surface area contributed by atoms with Gasteiger partial charge in [-0.05, 0) is 25.7 Å². The molecule has 0 aromatic rings. The summed E-state index contributed by atoms with van der Waals surface area (Å²) >= 11 is 0. The third-order valence-corrected chi connectivity index (χ3v) is 4.55. The molecule has 0 bridgehead atoms. The van der Waals surface area contributed by atoms with Crippen LogP contribution in [0.25, 0.3) is 0 Å². The SMILES string of the molecule is CCC[SiH](ON=C(C)C(C)C)ON=C(C)C(C)C. The minimum absolute atomic E-state index is 0.405. The third-order valence-electron chi connectivity index (χ3n) is 2.82. The molecule has 0 fully saturated rings. The first-order chi connectivity index (χ1) is 8.38. The van der Waals surface area contributed by atoms with Crippen molar-refractivity contribution in [3.8, 4) is 0 Å². The molecule has 0 saturated carbocycles. The average Bonchev–Trinajstić information content (AvgIpc) is 2.31. The predicted molar refractivity (Wildman–Crippen MR) is 80.3 cm³/mol. The Morgan fingerprint density at radius 1 is 0.944 bits per heavy atom. The highest BCUT2D eigenvalue weighted by Gasteiger charge is 2.16. The molecule has 0 atom stereocenters. The van der Waals surface area contributed by atoms with Gasteiger partial charge >= 0.3 is 9.28 Å². The van der Waals surface area contributed by atoms with Gasteiger partial charge in [-0.15, -0.1) is 10.3 Å². The van der Waals surface area contributed by atoms with E-state index in [2.05, 4.69) is 44.9 Å². The molecule has 0 radical (unpaired) electrons. The van der Waals surface area contributed by atoms with Gasteiger partial charge in [0.2, 0.25) is 0 Å². The molecule has 0 aromatic carbocycles. The van der Waals surface area contributed by atoms with E-state index in [0.717, 1.165) is 23.9 Å². The van der Waals surface area contributed by atoms with Crippen molar-refractivity contribution >= 4 is 20.7 Å². The van der Waals surface area contributed by atoms with E-state index in [1.165, 1.54) is 0 Å². The minimum atomic E-state index is -1.80. The fourth-order valence-corrected chi connectivity index (χ4v) is 2.14. The van der Waals surface area contributed by atoms with E-state index in [9.17, 15) is 0 Å². The molecule has 0 aromatic heterocycles. The molecule has 0 aliphatic carbocycles. The predicted octanol–water partition coefficient (Wildman–Crippen LogP) is 3.71. The highest BCUT2D eigenvalue weighted by Crippen LogP contribution is 2.06. The van der Waals surface area contributed by atoms with Crippen molar-refractivity contribution in [3.63, 3.8) is 0 Å². The monoisotopic (exact) mass is 272 g/mol. The van der Waals surface area contributed by atoms with E-state index in [0.29, 0.717) is 11.8 Å². The Kier molecular flexibility index (Phi) is 8.71. The Balaban J connectivity index is 4.40. The molecule has 4 nitrogen and oxygen atoms in total. The molecular formula is C13H28N2O2Si.